The monoisotopic (exact) mass is 538 g/mol. The van der Waals surface area contributed by atoms with Gasteiger partial charge < -0.3 is 24.6 Å². The van der Waals surface area contributed by atoms with Gasteiger partial charge in [-0.2, -0.15) is 4.98 Å². The molecule has 0 bridgehead atoms. The van der Waals surface area contributed by atoms with Gasteiger partial charge in [-0.1, -0.05) is 29.3 Å². The molecule has 0 amide bonds. The second kappa shape index (κ2) is 10.7. The Bertz CT molecular complexity index is 1220. The third-order valence-corrected chi connectivity index (χ3v) is 7.97. The summed E-state index contributed by atoms with van der Waals surface area (Å²) in [6.07, 6.45) is -0.351. The van der Waals surface area contributed by atoms with Crippen LogP contribution in [0.25, 0.3) is 11.1 Å². The Kier molecular flexibility index (Phi) is 7.58. The number of rotatable bonds is 8. The Labute approximate surface area is 219 Å². The summed E-state index contributed by atoms with van der Waals surface area (Å²) in [5.41, 5.74) is 1.67. The highest BCUT2D eigenvalue weighted by Crippen LogP contribution is 2.40. The molecule has 2 aliphatic rings. The number of oxazole rings is 1. The van der Waals surface area contributed by atoms with E-state index in [2.05, 4.69) is 20.1 Å². The van der Waals surface area contributed by atoms with Crippen LogP contribution in [0.4, 0.5) is 20.5 Å². The normalized spacial score (nSPS) is 20.2. The summed E-state index contributed by atoms with van der Waals surface area (Å²) < 4.78 is 34.0. The zero-order chi connectivity index (χ0) is 25.4. The lowest BCUT2D eigenvalue weighted by molar-refractivity contribution is 0.100. The van der Waals surface area contributed by atoms with Crippen LogP contribution in [-0.4, -0.2) is 54.3 Å². The average molecular weight is 539 g/mol. The lowest BCUT2D eigenvalue weighted by atomic mass is 9.81. The van der Waals surface area contributed by atoms with E-state index in [1.165, 1.54) is 12.5 Å². The fourth-order valence-electron chi connectivity index (χ4n) is 5.40. The number of nitrogens with one attached hydrogen (secondary N) is 1. The zero-order valence-corrected chi connectivity index (χ0v) is 21.6. The molecule has 2 aliphatic heterocycles. The minimum Gasteiger partial charge on any atom is -0.421 e. The highest BCUT2D eigenvalue weighted by atomic mass is 35.5. The standard InChI is InChI=1S/C26H30Cl2F2N4O2/c1-15(19-5-4-18(27)11-21(19)28)31-23-20(25(29)30)6-7-22-24(23)36-26(32-22)34-13-17(14-34)16-3-2-8-33(12-16)9-10-35/h4-7,11,15-17,25,31,35H,2-3,8-10,12-14H2,1H3/t15-,16+/m1/s1. The Balaban J connectivity index is 1.35. The van der Waals surface area contributed by atoms with Gasteiger partial charge in [0.2, 0.25) is 0 Å². The molecule has 2 fully saturated rings. The number of aliphatic hydroxyl groups excluding tert-OH is 1. The lowest BCUT2D eigenvalue weighted by Gasteiger charge is -2.45. The van der Waals surface area contributed by atoms with Gasteiger partial charge in [-0.3, -0.25) is 0 Å². The zero-order valence-electron chi connectivity index (χ0n) is 20.1. The summed E-state index contributed by atoms with van der Waals surface area (Å²) in [5, 5.41) is 13.4. The molecule has 0 spiro atoms. The van der Waals surface area contributed by atoms with E-state index in [9.17, 15) is 13.9 Å². The number of aromatic nitrogens is 1. The van der Waals surface area contributed by atoms with Gasteiger partial charge in [-0.05, 0) is 68.0 Å². The number of fused-ring (bicyclic) bond motifs is 1. The predicted molar refractivity (Wildman–Crippen MR) is 139 cm³/mol. The van der Waals surface area contributed by atoms with Crippen LogP contribution in [0.5, 0.6) is 0 Å². The average Bonchev–Trinajstić information content (AvgIpc) is 3.22. The van der Waals surface area contributed by atoms with Gasteiger partial charge in [0.1, 0.15) is 5.52 Å². The van der Waals surface area contributed by atoms with E-state index in [0.717, 1.165) is 44.7 Å². The number of alkyl halides is 2. The van der Waals surface area contributed by atoms with Crippen LogP contribution in [0.3, 0.4) is 0 Å². The number of aliphatic hydroxyl groups is 1. The number of hydrogen-bond acceptors (Lipinski definition) is 6. The van der Waals surface area contributed by atoms with Crippen molar-refractivity contribution in [1.82, 2.24) is 9.88 Å². The van der Waals surface area contributed by atoms with Crippen molar-refractivity contribution in [2.45, 2.75) is 32.2 Å². The number of anilines is 2. The summed E-state index contributed by atoms with van der Waals surface area (Å²) in [4.78, 5) is 9.01. The first-order valence-electron chi connectivity index (χ1n) is 12.3. The van der Waals surface area contributed by atoms with Crippen molar-refractivity contribution in [1.29, 1.82) is 0 Å². The largest absolute Gasteiger partial charge is 0.421 e. The predicted octanol–water partition coefficient (Wildman–Crippen LogP) is 6.39. The number of likely N-dealkylation sites (tertiary alicyclic amines) is 1. The fraction of sp³-hybridized carbons (Fsp3) is 0.500. The fourth-order valence-corrected chi connectivity index (χ4v) is 5.97. The molecule has 2 N–H and O–H groups in total. The molecule has 2 atom stereocenters. The molecule has 0 aliphatic carbocycles. The smallest absolute Gasteiger partial charge is 0.298 e. The van der Waals surface area contributed by atoms with Crippen LogP contribution in [0.1, 0.15) is 43.4 Å². The van der Waals surface area contributed by atoms with Crippen LogP contribution >= 0.6 is 23.2 Å². The quantitative estimate of drug-likeness (QED) is 0.346. The minimum atomic E-state index is -2.68. The third-order valence-electron chi connectivity index (χ3n) is 7.41. The number of benzene rings is 2. The molecule has 194 valence electrons. The first-order chi connectivity index (χ1) is 17.3. The molecule has 0 unspecified atom stereocenters. The molecular formula is C26H30Cl2F2N4O2. The SMILES string of the molecule is C[C@@H](Nc1c(C(F)F)ccc2nc(N3CC([C@H]4CCCN(CCO)C4)C3)oc12)c1ccc(Cl)cc1Cl. The highest BCUT2D eigenvalue weighted by Gasteiger charge is 2.38. The summed E-state index contributed by atoms with van der Waals surface area (Å²) in [6, 6.07) is 8.20. The molecule has 2 saturated heterocycles. The molecule has 6 nitrogen and oxygen atoms in total. The van der Waals surface area contributed by atoms with E-state index in [-0.39, 0.29) is 23.9 Å². The molecular weight excluding hydrogens is 509 g/mol. The van der Waals surface area contributed by atoms with Crippen molar-refractivity contribution in [2.24, 2.45) is 11.8 Å². The van der Waals surface area contributed by atoms with Crippen LogP contribution in [0, 0.1) is 11.8 Å². The second-order valence-corrected chi connectivity index (χ2v) is 10.6. The number of hydrogen-bond donors (Lipinski definition) is 2. The molecule has 10 heteroatoms. The number of nitrogens with zero attached hydrogens (tertiary/aromatic N) is 3. The van der Waals surface area contributed by atoms with Crippen LogP contribution in [0.2, 0.25) is 10.0 Å². The summed E-state index contributed by atoms with van der Waals surface area (Å²) in [5.74, 6) is 1.11. The topological polar surface area (TPSA) is 64.8 Å². The maximum atomic E-state index is 14.0. The molecule has 0 saturated carbocycles. The van der Waals surface area contributed by atoms with Crippen molar-refractivity contribution >= 4 is 46.0 Å². The molecule has 1 aromatic heterocycles. The number of β-amino-alcohol motifs (C(OH)–C–C–N with tert-alkyl or cyclic N) is 1. The van der Waals surface area contributed by atoms with Crippen LogP contribution < -0.4 is 10.2 Å². The molecule has 0 radical (unpaired) electrons. The Morgan fingerprint density at radius 1 is 1.14 bits per heavy atom. The molecule has 36 heavy (non-hydrogen) atoms. The van der Waals surface area contributed by atoms with Crippen molar-refractivity contribution in [3.63, 3.8) is 0 Å². The van der Waals surface area contributed by atoms with E-state index in [1.54, 1.807) is 24.3 Å². The van der Waals surface area contributed by atoms with Crippen molar-refractivity contribution in [3.05, 3.63) is 51.5 Å². The number of piperidine rings is 1. The van der Waals surface area contributed by atoms with Gasteiger partial charge in [0.15, 0.2) is 5.58 Å². The lowest BCUT2D eigenvalue weighted by Crippen LogP contribution is -2.53. The van der Waals surface area contributed by atoms with E-state index < -0.39 is 6.43 Å². The van der Waals surface area contributed by atoms with Crippen molar-refractivity contribution in [2.75, 3.05) is 49.5 Å². The van der Waals surface area contributed by atoms with Gasteiger partial charge in [0.05, 0.1) is 18.3 Å². The van der Waals surface area contributed by atoms with Crippen molar-refractivity contribution in [3.8, 4) is 0 Å². The molecule has 3 aromatic rings. The third kappa shape index (κ3) is 5.14. The first kappa shape index (κ1) is 25.5. The Hall–Kier alpha value is -2.13. The maximum Gasteiger partial charge on any atom is 0.298 e. The van der Waals surface area contributed by atoms with E-state index >= 15 is 0 Å². The van der Waals surface area contributed by atoms with E-state index in [4.69, 9.17) is 27.6 Å². The first-order valence-corrected chi connectivity index (χ1v) is 13.1. The Morgan fingerprint density at radius 3 is 2.64 bits per heavy atom. The van der Waals surface area contributed by atoms with Crippen LogP contribution in [0.15, 0.2) is 34.7 Å². The van der Waals surface area contributed by atoms with Gasteiger partial charge in [-0.25, -0.2) is 8.78 Å². The maximum absolute atomic E-state index is 14.0. The van der Waals surface area contributed by atoms with Gasteiger partial charge in [0, 0.05) is 41.8 Å². The highest BCUT2D eigenvalue weighted by molar-refractivity contribution is 6.35. The Morgan fingerprint density at radius 2 is 1.92 bits per heavy atom. The number of halogens is 4. The van der Waals surface area contributed by atoms with Crippen LogP contribution in [-0.2, 0) is 0 Å². The van der Waals surface area contributed by atoms with E-state index in [1.807, 2.05) is 6.92 Å². The van der Waals surface area contributed by atoms with Gasteiger partial charge in [0.25, 0.3) is 12.4 Å². The summed E-state index contributed by atoms with van der Waals surface area (Å²) >= 11 is 12.4. The van der Waals surface area contributed by atoms with Gasteiger partial charge >= 0.3 is 0 Å². The molecule has 5 rings (SSSR count). The van der Waals surface area contributed by atoms with Crippen molar-refractivity contribution < 1.29 is 18.3 Å². The minimum absolute atomic E-state index is 0.144. The molecule has 2 aromatic carbocycles. The second-order valence-electron chi connectivity index (χ2n) is 9.80. The van der Waals surface area contributed by atoms with Gasteiger partial charge in [-0.15, -0.1) is 0 Å². The molecule has 3 heterocycles. The van der Waals surface area contributed by atoms with E-state index in [0.29, 0.717) is 39.0 Å². The summed E-state index contributed by atoms with van der Waals surface area (Å²) in [7, 11) is 0. The summed E-state index contributed by atoms with van der Waals surface area (Å²) in [6.45, 7) is 6.46.